The smallest absolute Gasteiger partial charge is 0.229 e. The quantitative estimate of drug-likeness (QED) is 0.898. The molecule has 102 valence electrons. The van der Waals surface area contributed by atoms with Gasteiger partial charge in [0, 0.05) is 12.5 Å². The number of hydrogen-bond acceptors (Lipinski definition) is 5. The fraction of sp³-hybridized carbons (Fsp3) is 0.385. The maximum atomic E-state index is 13.6. The van der Waals surface area contributed by atoms with Gasteiger partial charge in [0.2, 0.25) is 11.7 Å². The molecule has 0 unspecified atom stereocenters. The van der Waals surface area contributed by atoms with Crippen molar-refractivity contribution in [3.63, 3.8) is 0 Å². The Hall–Kier alpha value is -1.95. The minimum Gasteiger partial charge on any atom is -0.482 e. The van der Waals surface area contributed by atoms with Gasteiger partial charge in [0.25, 0.3) is 0 Å². The molecule has 0 aliphatic rings. The highest BCUT2D eigenvalue weighted by Crippen LogP contribution is 2.19. The van der Waals surface area contributed by atoms with E-state index < -0.39 is 5.82 Å². The lowest BCUT2D eigenvalue weighted by Gasteiger charge is -2.05. The van der Waals surface area contributed by atoms with Crippen LogP contribution in [-0.4, -0.2) is 10.1 Å². The second kappa shape index (κ2) is 5.79. The number of benzene rings is 1. The number of hydrogen-bond donors (Lipinski definition) is 1. The van der Waals surface area contributed by atoms with Crippen LogP contribution in [0.1, 0.15) is 37.0 Å². The fourth-order valence-electron chi connectivity index (χ4n) is 1.49. The molecule has 6 heteroatoms. The number of rotatable bonds is 5. The molecule has 0 aliphatic carbocycles. The molecule has 0 atom stereocenters. The second-order valence-corrected chi connectivity index (χ2v) is 4.46. The molecule has 0 saturated carbocycles. The van der Waals surface area contributed by atoms with E-state index in [-0.39, 0.29) is 18.3 Å². The van der Waals surface area contributed by atoms with Crippen molar-refractivity contribution in [1.29, 1.82) is 0 Å². The first-order valence-electron chi connectivity index (χ1n) is 6.04. The lowest BCUT2D eigenvalue weighted by atomic mass is 10.2. The van der Waals surface area contributed by atoms with Crippen LogP contribution in [0.4, 0.5) is 4.39 Å². The van der Waals surface area contributed by atoms with Crippen LogP contribution in [-0.2, 0) is 13.2 Å². The molecular formula is C13H16FN3O2. The maximum absolute atomic E-state index is 13.6. The van der Waals surface area contributed by atoms with Gasteiger partial charge in [-0.1, -0.05) is 25.1 Å². The van der Waals surface area contributed by atoms with Crippen LogP contribution in [0.2, 0.25) is 0 Å². The average Bonchev–Trinajstić information content (AvgIpc) is 2.86. The van der Waals surface area contributed by atoms with Crippen molar-refractivity contribution >= 4 is 0 Å². The van der Waals surface area contributed by atoms with Crippen molar-refractivity contribution in [3.8, 4) is 5.75 Å². The molecule has 19 heavy (non-hydrogen) atoms. The van der Waals surface area contributed by atoms with Crippen molar-refractivity contribution in [2.45, 2.75) is 32.9 Å². The molecule has 0 fully saturated rings. The van der Waals surface area contributed by atoms with E-state index in [9.17, 15) is 4.39 Å². The Morgan fingerprint density at radius 3 is 2.79 bits per heavy atom. The SMILES string of the molecule is CC(C)c1nc(COc2ccc(CN)cc2F)no1. The molecule has 1 aromatic carbocycles. The van der Waals surface area contributed by atoms with Crippen LogP contribution in [0.3, 0.4) is 0 Å². The molecule has 0 bridgehead atoms. The first-order chi connectivity index (χ1) is 9.10. The van der Waals surface area contributed by atoms with E-state index >= 15 is 0 Å². The topological polar surface area (TPSA) is 74.2 Å². The third-order valence-corrected chi connectivity index (χ3v) is 2.57. The molecule has 0 aliphatic heterocycles. The lowest BCUT2D eigenvalue weighted by Crippen LogP contribution is -2.02. The zero-order valence-corrected chi connectivity index (χ0v) is 10.9. The number of ether oxygens (including phenoxy) is 1. The summed E-state index contributed by atoms with van der Waals surface area (Å²) in [6, 6.07) is 4.61. The maximum Gasteiger partial charge on any atom is 0.229 e. The van der Waals surface area contributed by atoms with Crippen LogP contribution >= 0.6 is 0 Å². The summed E-state index contributed by atoms with van der Waals surface area (Å²) in [4.78, 5) is 4.14. The first kappa shape index (κ1) is 13.5. The first-order valence-corrected chi connectivity index (χ1v) is 6.04. The van der Waals surface area contributed by atoms with Gasteiger partial charge >= 0.3 is 0 Å². The second-order valence-electron chi connectivity index (χ2n) is 4.46. The van der Waals surface area contributed by atoms with Gasteiger partial charge in [0.15, 0.2) is 18.2 Å². The summed E-state index contributed by atoms with van der Waals surface area (Å²) >= 11 is 0. The van der Waals surface area contributed by atoms with Gasteiger partial charge in [-0.25, -0.2) is 4.39 Å². The van der Waals surface area contributed by atoms with Gasteiger partial charge in [-0.2, -0.15) is 4.98 Å². The minimum atomic E-state index is -0.449. The van der Waals surface area contributed by atoms with Crippen molar-refractivity contribution in [2.75, 3.05) is 0 Å². The Bertz CT molecular complexity index is 555. The summed E-state index contributed by atoms with van der Waals surface area (Å²) in [6.45, 7) is 4.25. The average molecular weight is 265 g/mol. The summed E-state index contributed by atoms with van der Waals surface area (Å²) in [5.41, 5.74) is 6.14. The number of nitrogens with zero attached hydrogens (tertiary/aromatic N) is 2. The molecule has 1 aromatic heterocycles. The number of nitrogens with two attached hydrogens (primary N) is 1. The van der Waals surface area contributed by atoms with Crippen LogP contribution < -0.4 is 10.5 Å². The predicted octanol–water partition coefficient (Wildman–Crippen LogP) is 2.37. The van der Waals surface area contributed by atoms with E-state index in [0.29, 0.717) is 23.8 Å². The Balaban J connectivity index is 2.01. The normalized spacial score (nSPS) is 11.0. The van der Waals surface area contributed by atoms with Gasteiger partial charge < -0.3 is 15.0 Å². The van der Waals surface area contributed by atoms with E-state index in [4.69, 9.17) is 15.0 Å². The van der Waals surface area contributed by atoms with Gasteiger partial charge in [0.1, 0.15) is 0 Å². The van der Waals surface area contributed by atoms with Crippen LogP contribution in [0.15, 0.2) is 22.7 Å². The van der Waals surface area contributed by atoms with Gasteiger partial charge in [-0.05, 0) is 17.7 Å². The molecule has 0 radical (unpaired) electrons. The summed E-state index contributed by atoms with van der Waals surface area (Å²) in [6.07, 6.45) is 0. The standard InChI is InChI=1S/C13H16FN3O2/c1-8(2)13-16-12(17-19-13)7-18-11-4-3-9(6-15)5-10(11)14/h3-5,8H,6-7,15H2,1-2H3. The molecule has 0 spiro atoms. The zero-order valence-electron chi connectivity index (χ0n) is 10.9. The van der Waals surface area contributed by atoms with E-state index in [1.807, 2.05) is 13.8 Å². The monoisotopic (exact) mass is 265 g/mol. The van der Waals surface area contributed by atoms with Crippen molar-refractivity contribution in [2.24, 2.45) is 5.73 Å². The van der Waals surface area contributed by atoms with Gasteiger partial charge in [0.05, 0.1) is 0 Å². The van der Waals surface area contributed by atoms with E-state index in [1.54, 1.807) is 12.1 Å². The molecule has 0 saturated heterocycles. The molecule has 2 aromatic rings. The predicted molar refractivity (Wildman–Crippen MR) is 67.0 cm³/mol. The van der Waals surface area contributed by atoms with Crippen molar-refractivity contribution in [1.82, 2.24) is 10.1 Å². The Morgan fingerprint density at radius 2 is 2.21 bits per heavy atom. The molecule has 2 N–H and O–H groups in total. The van der Waals surface area contributed by atoms with Crippen LogP contribution in [0.25, 0.3) is 0 Å². The highest BCUT2D eigenvalue weighted by molar-refractivity contribution is 5.29. The third kappa shape index (κ3) is 3.29. The highest BCUT2D eigenvalue weighted by Gasteiger charge is 2.11. The number of halogens is 1. The molecule has 5 nitrogen and oxygen atoms in total. The Morgan fingerprint density at radius 1 is 1.42 bits per heavy atom. The van der Waals surface area contributed by atoms with Gasteiger partial charge in [-0.3, -0.25) is 0 Å². The van der Waals surface area contributed by atoms with Crippen molar-refractivity contribution < 1.29 is 13.7 Å². The highest BCUT2D eigenvalue weighted by atomic mass is 19.1. The lowest BCUT2D eigenvalue weighted by molar-refractivity contribution is 0.272. The summed E-state index contributed by atoms with van der Waals surface area (Å²) in [7, 11) is 0. The van der Waals surface area contributed by atoms with Crippen molar-refractivity contribution in [3.05, 3.63) is 41.3 Å². The Labute approximate surface area is 110 Å². The largest absolute Gasteiger partial charge is 0.482 e. The minimum absolute atomic E-state index is 0.0646. The molecular weight excluding hydrogens is 249 g/mol. The Kier molecular flexibility index (Phi) is 4.11. The third-order valence-electron chi connectivity index (χ3n) is 2.57. The fourth-order valence-corrected chi connectivity index (χ4v) is 1.49. The van der Waals surface area contributed by atoms with E-state index in [1.165, 1.54) is 6.07 Å². The summed E-state index contributed by atoms with van der Waals surface area (Å²) in [5.74, 6) is 0.786. The molecule has 1 heterocycles. The van der Waals surface area contributed by atoms with E-state index in [0.717, 1.165) is 0 Å². The molecule has 2 rings (SSSR count). The summed E-state index contributed by atoms with van der Waals surface area (Å²) in [5, 5.41) is 3.76. The molecule has 0 amide bonds. The summed E-state index contributed by atoms with van der Waals surface area (Å²) < 4.78 is 24.0. The van der Waals surface area contributed by atoms with Crippen LogP contribution in [0, 0.1) is 5.82 Å². The zero-order chi connectivity index (χ0) is 13.8. The van der Waals surface area contributed by atoms with Gasteiger partial charge in [-0.15, -0.1) is 0 Å². The number of aromatic nitrogens is 2. The van der Waals surface area contributed by atoms with Crippen LogP contribution in [0.5, 0.6) is 5.75 Å². The van der Waals surface area contributed by atoms with E-state index in [2.05, 4.69) is 10.1 Å².